The molecule has 0 bridgehead atoms. The van der Waals surface area contributed by atoms with Crippen LogP contribution in [0.5, 0.6) is 0 Å². The zero-order chi connectivity index (χ0) is 16.7. The van der Waals surface area contributed by atoms with E-state index in [9.17, 15) is 9.18 Å². The van der Waals surface area contributed by atoms with Crippen molar-refractivity contribution in [2.24, 2.45) is 0 Å². The summed E-state index contributed by atoms with van der Waals surface area (Å²) in [6, 6.07) is 13.8. The van der Waals surface area contributed by atoms with E-state index < -0.39 is 0 Å². The SMILES string of the molecule is Cc1ccc(/C=c2\sc3nc(-c4ccc(F)cc4)nn3c2=O)cc1. The third-order valence-corrected chi connectivity index (χ3v) is 4.62. The molecule has 4 nitrogen and oxygen atoms in total. The Hall–Kier alpha value is -2.86. The standard InChI is InChI=1S/C18H12FN3OS/c1-11-2-4-12(5-3-11)10-15-17(23)22-18(24-15)20-16(21-22)13-6-8-14(19)9-7-13/h2-10H,1H3/b15-10-. The highest BCUT2D eigenvalue weighted by molar-refractivity contribution is 7.15. The van der Waals surface area contributed by atoms with Gasteiger partial charge in [0.2, 0.25) is 4.96 Å². The molecule has 0 amide bonds. The quantitative estimate of drug-likeness (QED) is 0.565. The van der Waals surface area contributed by atoms with E-state index in [-0.39, 0.29) is 11.4 Å². The maximum atomic E-state index is 13.0. The highest BCUT2D eigenvalue weighted by Gasteiger charge is 2.11. The number of aryl methyl sites for hydroxylation is 1. The van der Waals surface area contributed by atoms with Crippen LogP contribution in [0.3, 0.4) is 0 Å². The van der Waals surface area contributed by atoms with E-state index in [1.165, 1.54) is 33.5 Å². The molecule has 0 saturated heterocycles. The van der Waals surface area contributed by atoms with Crippen LogP contribution in [0, 0.1) is 12.7 Å². The fourth-order valence-electron chi connectivity index (χ4n) is 2.37. The molecule has 4 rings (SSSR count). The topological polar surface area (TPSA) is 47.3 Å². The molecule has 0 unspecified atom stereocenters. The van der Waals surface area contributed by atoms with Gasteiger partial charge in [0, 0.05) is 5.56 Å². The highest BCUT2D eigenvalue weighted by Crippen LogP contribution is 2.16. The fraction of sp³-hybridized carbons (Fsp3) is 0.0556. The van der Waals surface area contributed by atoms with Crippen molar-refractivity contribution >= 4 is 22.4 Å². The number of nitrogens with zero attached hydrogens (tertiary/aromatic N) is 3. The van der Waals surface area contributed by atoms with E-state index in [2.05, 4.69) is 10.1 Å². The Kier molecular flexibility index (Phi) is 3.46. The summed E-state index contributed by atoms with van der Waals surface area (Å²) in [5, 5.41) is 4.25. The summed E-state index contributed by atoms with van der Waals surface area (Å²) in [4.78, 5) is 17.4. The average Bonchev–Trinajstić information content (AvgIpc) is 3.11. The van der Waals surface area contributed by atoms with E-state index in [1.54, 1.807) is 12.1 Å². The van der Waals surface area contributed by atoms with Gasteiger partial charge in [0.05, 0.1) is 4.53 Å². The molecule has 4 aromatic rings. The van der Waals surface area contributed by atoms with Crippen LogP contribution in [-0.2, 0) is 0 Å². The number of benzene rings is 2. The summed E-state index contributed by atoms with van der Waals surface area (Å²) >= 11 is 1.29. The van der Waals surface area contributed by atoms with Gasteiger partial charge in [-0.25, -0.2) is 4.39 Å². The molecule has 24 heavy (non-hydrogen) atoms. The number of fused-ring (bicyclic) bond motifs is 1. The Morgan fingerprint density at radius 2 is 1.79 bits per heavy atom. The van der Waals surface area contributed by atoms with Gasteiger partial charge in [0.25, 0.3) is 5.56 Å². The summed E-state index contributed by atoms with van der Waals surface area (Å²) in [7, 11) is 0. The van der Waals surface area contributed by atoms with Gasteiger partial charge in [-0.15, -0.1) is 5.10 Å². The first-order valence-corrected chi connectivity index (χ1v) is 8.16. The Morgan fingerprint density at radius 1 is 1.08 bits per heavy atom. The van der Waals surface area contributed by atoms with Gasteiger partial charge in [-0.1, -0.05) is 41.2 Å². The number of halogens is 1. The number of thiazole rings is 1. The zero-order valence-corrected chi connectivity index (χ0v) is 13.5. The molecule has 118 valence electrons. The van der Waals surface area contributed by atoms with Crippen molar-refractivity contribution in [1.29, 1.82) is 0 Å². The number of rotatable bonds is 2. The molecule has 0 N–H and O–H groups in total. The minimum Gasteiger partial charge on any atom is -0.266 e. The van der Waals surface area contributed by atoms with E-state index in [0.29, 0.717) is 20.9 Å². The molecule has 6 heteroatoms. The van der Waals surface area contributed by atoms with Crippen molar-refractivity contribution in [2.45, 2.75) is 6.92 Å². The third-order valence-electron chi connectivity index (χ3n) is 3.66. The monoisotopic (exact) mass is 337 g/mol. The first kappa shape index (κ1) is 14.7. The van der Waals surface area contributed by atoms with Crippen LogP contribution in [0.15, 0.2) is 53.3 Å². The summed E-state index contributed by atoms with van der Waals surface area (Å²) in [6.45, 7) is 2.02. The second kappa shape index (κ2) is 5.65. The van der Waals surface area contributed by atoms with Crippen LogP contribution >= 0.6 is 11.3 Å². The molecule has 2 aromatic carbocycles. The third kappa shape index (κ3) is 2.61. The summed E-state index contributed by atoms with van der Waals surface area (Å²) in [5.41, 5.74) is 2.61. The summed E-state index contributed by atoms with van der Waals surface area (Å²) < 4.78 is 14.9. The second-order valence-electron chi connectivity index (χ2n) is 5.46. The largest absolute Gasteiger partial charge is 0.291 e. The lowest BCUT2D eigenvalue weighted by Gasteiger charge is -1.93. The lowest BCUT2D eigenvalue weighted by atomic mass is 10.1. The van der Waals surface area contributed by atoms with Gasteiger partial charge < -0.3 is 0 Å². The lowest BCUT2D eigenvalue weighted by molar-refractivity contribution is 0.628. The van der Waals surface area contributed by atoms with Gasteiger partial charge in [-0.2, -0.15) is 9.50 Å². The minimum atomic E-state index is -0.320. The van der Waals surface area contributed by atoms with Crippen LogP contribution in [-0.4, -0.2) is 14.6 Å². The smallest absolute Gasteiger partial charge is 0.266 e. The average molecular weight is 337 g/mol. The van der Waals surface area contributed by atoms with Crippen LogP contribution in [0.1, 0.15) is 11.1 Å². The molecule has 2 heterocycles. The first-order chi connectivity index (χ1) is 11.6. The minimum absolute atomic E-state index is 0.198. The van der Waals surface area contributed by atoms with Gasteiger partial charge in [0.1, 0.15) is 5.82 Å². The van der Waals surface area contributed by atoms with Crippen LogP contribution < -0.4 is 10.1 Å². The molecule has 0 aliphatic heterocycles. The maximum Gasteiger partial charge on any atom is 0.291 e. The van der Waals surface area contributed by atoms with E-state index >= 15 is 0 Å². The Labute approximate surface area is 140 Å². The Balaban J connectivity index is 1.79. The molecule has 0 radical (unpaired) electrons. The molecule has 0 spiro atoms. The van der Waals surface area contributed by atoms with Gasteiger partial charge in [-0.3, -0.25) is 4.79 Å². The molecule has 0 aliphatic rings. The first-order valence-electron chi connectivity index (χ1n) is 7.34. The molecule has 0 aliphatic carbocycles. The Morgan fingerprint density at radius 3 is 2.46 bits per heavy atom. The summed E-state index contributed by atoms with van der Waals surface area (Å²) in [5.74, 6) is 0.0968. The molecule has 2 aromatic heterocycles. The van der Waals surface area contributed by atoms with Crippen LogP contribution in [0.25, 0.3) is 22.4 Å². The number of hydrogen-bond acceptors (Lipinski definition) is 4. The van der Waals surface area contributed by atoms with Crippen molar-refractivity contribution in [2.75, 3.05) is 0 Å². The summed E-state index contributed by atoms with van der Waals surface area (Å²) in [6.07, 6.45) is 1.83. The highest BCUT2D eigenvalue weighted by atomic mass is 32.1. The number of hydrogen-bond donors (Lipinski definition) is 0. The molecular formula is C18H12FN3OS. The van der Waals surface area contributed by atoms with E-state index in [1.807, 2.05) is 37.3 Å². The van der Waals surface area contributed by atoms with E-state index in [0.717, 1.165) is 5.56 Å². The van der Waals surface area contributed by atoms with Crippen molar-refractivity contribution in [3.8, 4) is 11.4 Å². The predicted molar refractivity (Wildman–Crippen MR) is 92.5 cm³/mol. The molecule has 0 atom stereocenters. The van der Waals surface area contributed by atoms with Crippen LogP contribution in [0.2, 0.25) is 0 Å². The van der Waals surface area contributed by atoms with Gasteiger partial charge in [0.15, 0.2) is 5.82 Å². The van der Waals surface area contributed by atoms with Gasteiger partial charge >= 0.3 is 0 Å². The van der Waals surface area contributed by atoms with Crippen molar-refractivity contribution in [1.82, 2.24) is 14.6 Å². The number of aromatic nitrogens is 3. The van der Waals surface area contributed by atoms with Crippen molar-refractivity contribution in [3.63, 3.8) is 0 Å². The molecule has 0 saturated carbocycles. The maximum absolute atomic E-state index is 13.0. The van der Waals surface area contributed by atoms with Crippen molar-refractivity contribution < 1.29 is 4.39 Å². The molecular weight excluding hydrogens is 325 g/mol. The predicted octanol–water partition coefficient (Wildman–Crippen LogP) is 2.81. The fourth-order valence-corrected chi connectivity index (χ4v) is 3.28. The van der Waals surface area contributed by atoms with E-state index in [4.69, 9.17) is 0 Å². The van der Waals surface area contributed by atoms with Crippen molar-refractivity contribution in [3.05, 3.63) is 80.4 Å². The van der Waals surface area contributed by atoms with Gasteiger partial charge in [-0.05, 0) is 42.8 Å². The zero-order valence-electron chi connectivity index (χ0n) is 12.7. The van der Waals surface area contributed by atoms with Crippen LogP contribution in [0.4, 0.5) is 4.39 Å². The molecule has 0 fully saturated rings. The lowest BCUT2D eigenvalue weighted by Crippen LogP contribution is -2.23. The second-order valence-corrected chi connectivity index (χ2v) is 6.47. The Bertz CT molecular complexity index is 1130. The normalized spacial score (nSPS) is 12.2.